The molecule has 0 radical (unpaired) electrons. The van der Waals surface area contributed by atoms with Crippen LogP contribution < -0.4 is 0 Å². The molecule has 0 aliphatic carbocycles. The second-order valence-corrected chi connectivity index (χ2v) is 6.89. The van der Waals surface area contributed by atoms with Gasteiger partial charge < -0.3 is 0 Å². The van der Waals surface area contributed by atoms with Crippen molar-refractivity contribution in [3.05, 3.63) is 30.2 Å². The molecule has 1 nitrogen and oxygen atoms in total. The molecule has 14 heavy (non-hydrogen) atoms. The van der Waals surface area contributed by atoms with Crippen molar-refractivity contribution in [3.63, 3.8) is 0 Å². The molecule has 0 atom stereocenters. The van der Waals surface area contributed by atoms with Crippen molar-refractivity contribution >= 4 is 66.6 Å². The molecule has 0 saturated heterocycles. The molecule has 4 heteroatoms. The lowest BCUT2D eigenvalue weighted by Gasteiger charge is -2.00. The first-order valence-electron chi connectivity index (χ1n) is 3.95. The molecule has 0 spiro atoms. The van der Waals surface area contributed by atoms with Gasteiger partial charge in [0.1, 0.15) is 0 Å². The van der Waals surface area contributed by atoms with Crippen LogP contribution in [0, 0.1) is 17.8 Å². The van der Waals surface area contributed by atoms with E-state index in [4.69, 9.17) is 5.26 Å². The third kappa shape index (κ3) is 1.90. The van der Waals surface area contributed by atoms with Crippen molar-refractivity contribution in [2.45, 2.75) is 6.42 Å². The summed E-state index contributed by atoms with van der Waals surface area (Å²) >= 11 is 6.45. The third-order valence-electron chi connectivity index (χ3n) is 1.95. The van der Waals surface area contributed by atoms with Gasteiger partial charge in [0.25, 0.3) is 0 Å². The van der Waals surface area contributed by atoms with E-state index < -0.39 is 0 Å². The lowest BCUT2D eigenvalue weighted by atomic mass is 10.1. The van der Waals surface area contributed by atoms with Gasteiger partial charge in [-0.1, -0.05) is 6.07 Å². The average Bonchev–Trinajstić information content (AvgIpc) is 2.52. The van der Waals surface area contributed by atoms with Crippen LogP contribution in [0.2, 0.25) is 0 Å². The predicted octanol–water partition coefficient (Wildman–Crippen LogP) is 4.18. The molecule has 1 aromatic heterocycles. The van der Waals surface area contributed by atoms with Crippen LogP contribution in [0.15, 0.2) is 18.2 Å². The fourth-order valence-corrected chi connectivity index (χ4v) is 4.13. The van der Waals surface area contributed by atoms with Crippen molar-refractivity contribution < 1.29 is 0 Å². The Morgan fingerprint density at radius 1 is 1.36 bits per heavy atom. The van der Waals surface area contributed by atoms with Gasteiger partial charge in [-0.3, -0.25) is 0 Å². The molecule has 0 aliphatic heterocycles. The molecule has 0 fully saturated rings. The Morgan fingerprint density at radius 3 is 2.86 bits per heavy atom. The maximum absolute atomic E-state index is 8.67. The van der Waals surface area contributed by atoms with E-state index >= 15 is 0 Å². The maximum Gasteiger partial charge on any atom is 0.0670 e. The average molecular weight is 425 g/mol. The van der Waals surface area contributed by atoms with E-state index in [1.165, 1.54) is 16.5 Å². The molecular weight excluding hydrogens is 420 g/mol. The van der Waals surface area contributed by atoms with E-state index in [0.717, 1.165) is 5.56 Å². The van der Waals surface area contributed by atoms with Gasteiger partial charge in [-0.15, -0.1) is 11.3 Å². The Labute approximate surface area is 113 Å². The number of nitrogens with zero attached hydrogens (tertiary/aromatic N) is 1. The Morgan fingerprint density at radius 2 is 2.14 bits per heavy atom. The summed E-state index contributed by atoms with van der Waals surface area (Å²) in [5.74, 6) is 0. The highest BCUT2D eigenvalue weighted by atomic mass is 127. The monoisotopic (exact) mass is 425 g/mol. The molecule has 0 N–H and O–H groups in total. The molecular formula is C10H5I2NS. The molecule has 0 saturated carbocycles. The molecule has 1 aromatic carbocycles. The molecule has 1 heterocycles. The number of halogens is 2. The predicted molar refractivity (Wildman–Crippen MR) is 76.6 cm³/mol. The summed E-state index contributed by atoms with van der Waals surface area (Å²) in [7, 11) is 0. The molecule has 0 unspecified atom stereocenters. The van der Waals surface area contributed by atoms with Gasteiger partial charge in [-0.05, 0) is 62.9 Å². The van der Waals surface area contributed by atoms with E-state index in [0.29, 0.717) is 6.42 Å². The van der Waals surface area contributed by atoms with Crippen LogP contribution in [0.1, 0.15) is 5.56 Å². The Hall–Kier alpha value is 0.130. The Bertz CT molecular complexity index is 525. The largest absolute Gasteiger partial charge is 0.198 e. The third-order valence-corrected chi connectivity index (χ3v) is 5.09. The minimum absolute atomic E-state index is 0.501. The number of thiophene rings is 1. The summed E-state index contributed by atoms with van der Waals surface area (Å²) in [5.41, 5.74) is 1.13. The molecule has 70 valence electrons. The quantitative estimate of drug-likeness (QED) is 0.630. The zero-order valence-corrected chi connectivity index (χ0v) is 12.2. The fourth-order valence-electron chi connectivity index (χ4n) is 1.31. The zero-order valence-electron chi connectivity index (χ0n) is 7.05. The summed E-state index contributed by atoms with van der Waals surface area (Å²) in [5, 5.41) is 9.95. The van der Waals surface area contributed by atoms with Gasteiger partial charge in [0.15, 0.2) is 0 Å². The van der Waals surface area contributed by atoms with E-state index in [2.05, 4.69) is 69.5 Å². The number of benzene rings is 1. The molecule has 2 aromatic rings. The van der Waals surface area contributed by atoms with Gasteiger partial charge in [0, 0.05) is 13.7 Å². The van der Waals surface area contributed by atoms with Crippen LogP contribution in [0.4, 0.5) is 0 Å². The number of fused-ring (bicyclic) bond motifs is 1. The molecule has 0 amide bonds. The van der Waals surface area contributed by atoms with E-state index in [1.54, 1.807) is 11.3 Å². The summed E-state index contributed by atoms with van der Waals surface area (Å²) in [6, 6.07) is 8.54. The molecule has 0 bridgehead atoms. The highest BCUT2D eigenvalue weighted by Gasteiger charge is 2.07. The van der Waals surface area contributed by atoms with Crippen LogP contribution in [-0.2, 0) is 6.42 Å². The van der Waals surface area contributed by atoms with Gasteiger partial charge in [-0.2, -0.15) is 5.26 Å². The topological polar surface area (TPSA) is 23.8 Å². The first-order chi connectivity index (χ1) is 6.72. The van der Waals surface area contributed by atoms with Crippen molar-refractivity contribution in [1.29, 1.82) is 5.26 Å². The van der Waals surface area contributed by atoms with Crippen molar-refractivity contribution in [1.82, 2.24) is 0 Å². The lowest BCUT2D eigenvalue weighted by molar-refractivity contribution is 1.26. The summed E-state index contributed by atoms with van der Waals surface area (Å²) < 4.78 is 3.82. The van der Waals surface area contributed by atoms with Gasteiger partial charge in [-0.25, -0.2) is 0 Å². The summed E-state index contributed by atoms with van der Waals surface area (Å²) in [6.07, 6.45) is 0.501. The minimum Gasteiger partial charge on any atom is -0.198 e. The second kappa shape index (κ2) is 4.33. The standard InChI is InChI=1S/C10H5I2NS/c11-9-5-7-8(14-9)2-1-6(3-4-13)10(7)12/h1-2,5H,3H2. The van der Waals surface area contributed by atoms with E-state index in [-0.39, 0.29) is 0 Å². The van der Waals surface area contributed by atoms with Crippen LogP contribution in [-0.4, -0.2) is 0 Å². The van der Waals surface area contributed by atoms with Crippen LogP contribution in [0.3, 0.4) is 0 Å². The maximum atomic E-state index is 8.67. The Balaban J connectivity index is 2.69. The molecule has 0 aliphatic rings. The van der Waals surface area contributed by atoms with Crippen molar-refractivity contribution in [3.8, 4) is 6.07 Å². The lowest BCUT2D eigenvalue weighted by Crippen LogP contribution is -1.86. The smallest absolute Gasteiger partial charge is 0.0670 e. The number of hydrogen-bond acceptors (Lipinski definition) is 2. The SMILES string of the molecule is N#CCc1ccc2sc(I)cc2c1I. The summed E-state index contributed by atoms with van der Waals surface area (Å²) in [4.78, 5) is 0. The number of nitriles is 1. The van der Waals surface area contributed by atoms with Crippen molar-refractivity contribution in [2.75, 3.05) is 0 Å². The Kier molecular flexibility index (Phi) is 3.29. The zero-order chi connectivity index (χ0) is 10.1. The van der Waals surface area contributed by atoms with Crippen molar-refractivity contribution in [2.24, 2.45) is 0 Å². The van der Waals surface area contributed by atoms with Crippen LogP contribution in [0.25, 0.3) is 10.1 Å². The van der Waals surface area contributed by atoms with E-state index in [9.17, 15) is 0 Å². The first-order valence-corrected chi connectivity index (χ1v) is 6.93. The molecule has 2 rings (SSSR count). The number of rotatable bonds is 1. The number of hydrogen-bond donors (Lipinski definition) is 0. The first kappa shape index (κ1) is 10.6. The normalized spacial score (nSPS) is 10.4. The highest BCUT2D eigenvalue weighted by Crippen LogP contribution is 2.32. The van der Waals surface area contributed by atoms with Gasteiger partial charge in [0.05, 0.1) is 15.4 Å². The van der Waals surface area contributed by atoms with Gasteiger partial charge in [0.2, 0.25) is 0 Å². The van der Waals surface area contributed by atoms with Gasteiger partial charge >= 0.3 is 0 Å². The van der Waals surface area contributed by atoms with E-state index in [1.807, 2.05) is 0 Å². The fraction of sp³-hybridized carbons (Fsp3) is 0.100. The second-order valence-electron chi connectivity index (χ2n) is 2.84. The van der Waals surface area contributed by atoms with Crippen LogP contribution in [0.5, 0.6) is 0 Å². The minimum atomic E-state index is 0.501. The highest BCUT2D eigenvalue weighted by molar-refractivity contribution is 14.1. The summed E-state index contributed by atoms with van der Waals surface area (Å²) in [6.45, 7) is 0. The van der Waals surface area contributed by atoms with Crippen LogP contribution >= 0.6 is 56.5 Å².